The van der Waals surface area contributed by atoms with Crippen molar-refractivity contribution in [3.8, 4) is 5.75 Å². The number of benzene rings is 1. The van der Waals surface area contributed by atoms with Crippen LogP contribution in [0.4, 0.5) is 4.39 Å². The van der Waals surface area contributed by atoms with E-state index in [0.717, 1.165) is 18.4 Å². The molecule has 0 heterocycles. The van der Waals surface area contributed by atoms with Crippen LogP contribution >= 0.6 is 0 Å². The Bertz CT molecular complexity index is 718. The van der Waals surface area contributed by atoms with Gasteiger partial charge in [0.1, 0.15) is 9.84 Å². The number of hydrogen-bond donors (Lipinski definition) is 2. The van der Waals surface area contributed by atoms with E-state index >= 15 is 0 Å². The van der Waals surface area contributed by atoms with Crippen molar-refractivity contribution in [1.82, 2.24) is 10.6 Å². The van der Waals surface area contributed by atoms with Gasteiger partial charge in [0.05, 0.1) is 18.4 Å². The predicted octanol–water partition coefficient (Wildman–Crippen LogP) is 1.89. The Balaban J connectivity index is 1.89. The van der Waals surface area contributed by atoms with Gasteiger partial charge in [-0.3, -0.25) is 4.99 Å². The normalized spacial score (nSPS) is 16.4. The van der Waals surface area contributed by atoms with Gasteiger partial charge in [0.2, 0.25) is 0 Å². The molecule has 0 radical (unpaired) electrons. The molecule has 1 saturated carbocycles. The third-order valence-corrected chi connectivity index (χ3v) is 4.92. The third kappa shape index (κ3) is 6.89. The lowest BCUT2D eigenvalue weighted by Crippen LogP contribution is -2.40. The van der Waals surface area contributed by atoms with Crippen LogP contribution in [0.2, 0.25) is 0 Å². The number of guanidine groups is 1. The van der Waals surface area contributed by atoms with Crippen molar-refractivity contribution in [2.75, 3.05) is 32.2 Å². The zero-order valence-electron chi connectivity index (χ0n) is 14.9. The Morgan fingerprint density at radius 1 is 1.44 bits per heavy atom. The number of nitrogens with zero attached hydrogens (tertiary/aromatic N) is 1. The molecule has 1 fully saturated rings. The van der Waals surface area contributed by atoms with Crippen LogP contribution in [0.5, 0.6) is 5.75 Å². The summed E-state index contributed by atoms with van der Waals surface area (Å²) in [6, 6.07) is 4.71. The van der Waals surface area contributed by atoms with E-state index in [4.69, 9.17) is 4.74 Å². The van der Waals surface area contributed by atoms with E-state index in [2.05, 4.69) is 15.6 Å². The number of nitrogens with one attached hydrogen (secondary N) is 2. The Hall–Kier alpha value is -1.83. The van der Waals surface area contributed by atoms with Crippen molar-refractivity contribution in [3.63, 3.8) is 0 Å². The zero-order valence-corrected chi connectivity index (χ0v) is 15.7. The lowest BCUT2D eigenvalue weighted by Gasteiger charge is -2.19. The summed E-state index contributed by atoms with van der Waals surface area (Å²) in [4.78, 5) is 4.05. The van der Waals surface area contributed by atoms with Crippen LogP contribution in [-0.2, 0) is 9.84 Å². The maximum absolute atomic E-state index is 14.2. The molecule has 1 atom stereocenters. The molecule has 1 aliphatic rings. The number of ether oxygens (including phenoxy) is 1. The molecule has 25 heavy (non-hydrogen) atoms. The molecule has 2 N–H and O–H groups in total. The Labute approximate surface area is 148 Å². The molecule has 0 bridgehead atoms. The Morgan fingerprint density at radius 2 is 2.16 bits per heavy atom. The quantitative estimate of drug-likeness (QED) is 0.539. The smallest absolute Gasteiger partial charge is 0.191 e. The topological polar surface area (TPSA) is 79.8 Å². The number of sulfone groups is 1. The number of aliphatic imine (C=N–C) groups is 1. The van der Waals surface area contributed by atoms with Crippen molar-refractivity contribution in [1.29, 1.82) is 0 Å². The molecule has 0 spiro atoms. The van der Waals surface area contributed by atoms with Crippen LogP contribution in [0.3, 0.4) is 0 Å². The second-order valence-corrected chi connectivity index (χ2v) is 8.70. The van der Waals surface area contributed by atoms with Crippen molar-refractivity contribution < 1.29 is 17.5 Å². The van der Waals surface area contributed by atoms with E-state index in [0.29, 0.717) is 18.5 Å². The van der Waals surface area contributed by atoms with Gasteiger partial charge < -0.3 is 15.4 Å². The van der Waals surface area contributed by atoms with Crippen molar-refractivity contribution in [2.24, 2.45) is 10.9 Å². The number of halogens is 1. The predicted molar refractivity (Wildman–Crippen MR) is 97.2 cm³/mol. The minimum Gasteiger partial charge on any atom is -0.490 e. The van der Waals surface area contributed by atoms with Crippen molar-refractivity contribution in [2.45, 2.75) is 25.8 Å². The molecule has 6 nitrogen and oxygen atoms in total. The van der Waals surface area contributed by atoms with Gasteiger partial charge in [0, 0.05) is 19.8 Å². The van der Waals surface area contributed by atoms with E-state index < -0.39 is 9.84 Å². The molecule has 140 valence electrons. The molecular formula is C17H26FN3O3S. The molecule has 1 unspecified atom stereocenters. The van der Waals surface area contributed by atoms with Crippen LogP contribution in [0.25, 0.3) is 0 Å². The first kappa shape index (κ1) is 19.5. The molecular weight excluding hydrogens is 345 g/mol. The fraction of sp³-hybridized carbons (Fsp3) is 0.588. The van der Waals surface area contributed by atoms with Crippen LogP contribution in [-0.4, -0.2) is 46.6 Å². The van der Waals surface area contributed by atoms with E-state index in [-0.39, 0.29) is 29.9 Å². The van der Waals surface area contributed by atoms with Gasteiger partial charge in [-0.15, -0.1) is 0 Å². The molecule has 1 aromatic rings. The average molecular weight is 371 g/mol. The minimum absolute atomic E-state index is 0.0176. The maximum atomic E-state index is 14.2. The first-order valence-corrected chi connectivity index (χ1v) is 10.4. The highest BCUT2D eigenvalue weighted by molar-refractivity contribution is 7.90. The standard InChI is InChI=1S/C17H26FN3O3S/c1-12(21-17(19-2)20-8-9-25(3,22)23)14-6-7-16(15(18)10-14)24-11-13-4-5-13/h6-7,10,12-13H,4-5,8-9,11H2,1-3H3,(H2,19,20,21). The molecule has 0 aliphatic heterocycles. The maximum Gasteiger partial charge on any atom is 0.191 e. The zero-order chi connectivity index (χ0) is 18.4. The summed E-state index contributed by atoms with van der Waals surface area (Å²) in [6.07, 6.45) is 3.50. The van der Waals surface area contributed by atoms with Gasteiger partial charge in [0.25, 0.3) is 0 Å². The van der Waals surface area contributed by atoms with Crippen molar-refractivity contribution in [3.05, 3.63) is 29.6 Å². The van der Waals surface area contributed by atoms with Crippen LogP contribution in [0.1, 0.15) is 31.4 Å². The Kier molecular flexibility index (Phi) is 6.64. The van der Waals surface area contributed by atoms with E-state index in [1.165, 1.54) is 12.3 Å². The highest BCUT2D eigenvalue weighted by Crippen LogP contribution is 2.30. The highest BCUT2D eigenvalue weighted by Gasteiger charge is 2.22. The summed E-state index contributed by atoms with van der Waals surface area (Å²) in [5, 5.41) is 6.05. The molecule has 1 aromatic carbocycles. The van der Waals surface area contributed by atoms with Gasteiger partial charge in [-0.05, 0) is 43.4 Å². The van der Waals surface area contributed by atoms with Crippen LogP contribution in [0.15, 0.2) is 23.2 Å². The number of hydrogen-bond acceptors (Lipinski definition) is 4. The van der Waals surface area contributed by atoms with Gasteiger partial charge >= 0.3 is 0 Å². The Morgan fingerprint density at radius 3 is 2.72 bits per heavy atom. The first-order valence-electron chi connectivity index (χ1n) is 8.35. The minimum atomic E-state index is -3.04. The lowest BCUT2D eigenvalue weighted by molar-refractivity contribution is 0.285. The van der Waals surface area contributed by atoms with Gasteiger partial charge in [-0.25, -0.2) is 12.8 Å². The molecule has 0 amide bonds. The molecule has 8 heteroatoms. The third-order valence-electron chi connectivity index (χ3n) is 3.97. The summed E-state index contributed by atoms with van der Waals surface area (Å²) >= 11 is 0. The van der Waals surface area contributed by atoms with Crippen molar-refractivity contribution >= 4 is 15.8 Å². The summed E-state index contributed by atoms with van der Waals surface area (Å²) in [5.74, 6) is 0.945. The lowest BCUT2D eigenvalue weighted by atomic mass is 10.1. The van der Waals surface area contributed by atoms with Crippen LogP contribution < -0.4 is 15.4 Å². The number of rotatable bonds is 8. The van der Waals surface area contributed by atoms with E-state index in [1.54, 1.807) is 13.1 Å². The summed E-state index contributed by atoms with van der Waals surface area (Å²) in [5.41, 5.74) is 0.752. The van der Waals surface area contributed by atoms with Gasteiger partial charge in [-0.2, -0.15) is 0 Å². The van der Waals surface area contributed by atoms with Crippen LogP contribution in [0, 0.1) is 11.7 Å². The summed E-state index contributed by atoms with van der Waals surface area (Å²) in [7, 11) is -1.44. The highest BCUT2D eigenvalue weighted by atomic mass is 32.2. The largest absolute Gasteiger partial charge is 0.490 e. The second kappa shape index (κ2) is 8.51. The van der Waals surface area contributed by atoms with Gasteiger partial charge in [-0.1, -0.05) is 6.07 Å². The molecule has 2 rings (SSSR count). The summed E-state index contributed by atoms with van der Waals surface area (Å²) < 4.78 is 42.0. The summed E-state index contributed by atoms with van der Waals surface area (Å²) in [6.45, 7) is 2.71. The average Bonchev–Trinajstić information content (AvgIpc) is 3.35. The second-order valence-electron chi connectivity index (χ2n) is 6.44. The van der Waals surface area contributed by atoms with E-state index in [9.17, 15) is 12.8 Å². The first-order chi connectivity index (χ1) is 11.8. The molecule has 0 saturated heterocycles. The van der Waals surface area contributed by atoms with Gasteiger partial charge in [0.15, 0.2) is 17.5 Å². The monoisotopic (exact) mass is 371 g/mol. The van der Waals surface area contributed by atoms with E-state index in [1.807, 2.05) is 13.0 Å². The molecule has 0 aromatic heterocycles. The SMILES string of the molecule is CN=C(NCCS(C)(=O)=O)NC(C)c1ccc(OCC2CC2)c(F)c1. The molecule has 1 aliphatic carbocycles. The fourth-order valence-electron chi connectivity index (χ4n) is 2.23. The fourth-order valence-corrected chi connectivity index (χ4v) is 2.71.